The van der Waals surface area contributed by atoms with E-state index in [0.717, 1.165) is 108 Å². The molecule has 0 aliphatic rings. The Balaban J connectivity index is 5.18. The summed E-state index contributed by atoms with van der Waals surface area (Å²) in [6.45, 7) is 9.62. The molecule has 0 aromatic carbocycles. The van der Waals surface area contributed by atoms with E-state index in [1.807, 2.05) is 0 Å². The van der Waals surface area contributed by atoms with Gasteiger partial charge in [0.15, 0.2) is 12.2 Å². The SMILES string of the molecule is CCCCCCCCCCCCCCCCCCCCCCCCC(=O)O[C@H](COC(=O)CCCCCCCCCCCCCCC(C)C)COP(=O)(O)OC[C@@H](O)COP(=O)(O)OC[C@@H](COC(=O)CCCCCCCCCC)OC(=O)CCCCCCCCCCCCCCC(C)C. The molecule has 0 radical (unpaired) electrons. The van der Waals surface area contributed by atoms with Crippen LogP contribution in [0.5, 0.6) is 0 Å². The minimum Gasteiger partial charge on any atom is -0.462 e. The van der Waals surface area contributed by atoms with Crippen LogP contribution in [-0.4, -0.2) is 96.7 Å². The third kappa shape index (κ3) is 74.3. The van der Waals surface area contributed by atoms with Crippen LogP contribution in [0, 0.1) is 11.8 Å². The fourth-order valence-corrected chi connectivity index (χ4v) is 14.1. The van der Waals surface area contributed by atoms with Crippen LogP contribution in [0.15, 0.2) is 0 Å². The molecule has 0 aromatic heterocycles. The van der Waals surface area contributed by atoms with Crippen molar-refractivity contribution >= 4 is 39.5 Å². The highest BCUT2D eigenvalue weighted by Gasteiger charge is 2.30. The lowest BCUT2D eigenvalue weighted by Crippen LogP contribution is -2.30. The highest BCUT2D eigenvalue weighted by molar-refractivity contribution is 7.47. The van der Waals surface area contributed by atoms with Crippen molar-refractivity contribution in [3.8, 4) is 0 Å². The molecule has 0 fully saturated rings. The van der Waals surface area contributed by atoms with Gasteiger partial charge in [0.05, 0.1) is 26.4 Å². The number of aliphatic hydroxyl groups is 1. The van der Waals surface area contributed by atoms with Crippen molar-refractivity contribution in [3.05, 3.63) is 0 Å². The molecule has 0 bridgehead atoms. The fourth-order valence-electron chi connectivity index (χ4n) is 12.5. The average Bonchev–Trinajstić information content (AvgIpc) is 0.955. The number of hydrogen-bond donors (Lipinski definition) is 3. The van der Waals surface area contributed by atoms with Gasteiger partial charge in [-0.2, -0.15) is 0 Å². The molecule has 2 unspecified atom stereocenters. The van der Waals surface area contributed by atoms with E-state index in [0.29, 0.717) is 25.7 Å². The number of phosphoric acid groups is 2. The van der Waals surface area contributed by atoms with Crippen LogP contribution in [0.25, 0.3) is 0 Å². The lowest BCUT2D eigenvalue weighted by Gasteiger charge is -2.21. The van der Waals surface area contributed by atoms with Crippen LogP contribution in [0.4, 0.5) is 0 Å². The topological polar surface area (TPSA) is 237 Å². The van der Waals surface area contributed by atoms with Gasteiger partial charge >= 0.3 is 39.5 Å². The van der Waals surface area contributed by atoms with Gasteiger partial charge in [-0.25, -0.2) is 9.13 Å². The molecule has 3 N–H and O–H groups in total. The summed E-state index contributed by atoms with van der Waals surface area (Å²) in [5.74, 6) is -0.554. The van der Waals surface area contributed by atoms with Crippen LogP contribution in [-0.2, 0) is 65.4 Å². The molecule has 594 valence electrons. The number of hydrogen-bond acceptors (Lipinski definition) is 15. The minimum atomic E-state index is -4.96. The molecule has 0 spiro atoms. The second kappa shape index (κ2) is 72.6. The molecule has 0 amide bonds. The predicted molar refractivity (Wildman–Crippen MR) is 409 cm³/mol. The van der Waals surface area contributed by atoms with E-state index in [1.54, 1.807) is 0 Å². The largest absolute Gasteiger partial charge is 0.472 e. The normalized spacial score (nSPS) is 13.9. The molecule has 100 heavy (non-hydrogen) atoms. The van der Waals surface area contributed by atoms with Crippen molar-refractivity contribution in [3.63, 3.8) is 0 Å². The first-order valence-electron chi connectivity index (χ1n) is 42.0. The van der Waals surface area contributed by atoms with Crippen molar-refractivity contribution in [2.75, 3.05) is 39.6 Å². The minimum absolute atomic E-state index is 0.107. The molecule has 0 saturated carbocycles. The summed E-state index contributed by atoms with van der Waals surface area (Å²) in [6.07, 6.45) is 62.6. The maximum absolute atomic E-state index is 13.1. The van der Waals surface area contributed by atoms with Crippen molar-refractivity contribution in [1.82, 2.24) is 0 Å². The third-order valence-corrected chi connectivity index (χ3v) is 20.9. The van der Waals surface area contributed by atoms with Gasteiger partial charge in [0.1, 0.15) is 19.3 Å². The number of esters is 4. The number of aliphatic hydroxyl groups excluding tert-OH is 1. The number of unbranched alkanes of at least 4 members (excludes halogenated alkanes) is 50. The summed E-state index contributed by atoms with van der Waals surface area (Å²) in [5.41, 5.74) is 0. The molecule has 0 aliphatic heterocycles. The average molecular weight is 1470 g/mol. The Morgan fingerprint density at radius 3 is 0.680 bits per heavy atom. The van der Waals surface area contributed by atoms with Gasteiger partial charge in [0.25, 0.3) is 0 Å². The van der Waals surface area contributed by atoms with Gasteiger partial charge in [0.2, 0.25) is 0 Å². The zero-order chi connectivity index (χ0) is 73.5. The molecule has 0 aromatic rings. The van der Waals surface area contributed by atoms with E-state index in [9.17, 15) is 43.2 Å². The summed E-state index contributed by atoms with van der Waals surface area (Å²) in [5, 5.41) is 10.6. The van der Waals surface area contributed by atoms with Crippen LogP contribution in [0.1, 0.15) is 427 Å². The first kappa shape index (κ1) is 98.1. The van der Waals surface area contributed by atoms with E-state index in [2.05, 4.69) is 41.5 Å². The van der Waals surface area contributed by atoms with Gasteiger partial charge < -0.3 is 33.8 Å². The summed E-state index contributed by atoms with van der Waals surface area (Å²) < 4.78 is 68.6. The zero-order valence-electron chi connectivity index (χ0n) is 65.5. The molecular formula is C81H158O17P2. The van der Waals surface area contributed by atoms with Crippen molar-refractivity contribution in [1.29, 1.82) is 0 Å². The molecule has 0 aliphatic carbocycles. The Bertz CT molecular complexity index is 1920. The van der Waals surface area contributed by atoms with Crippen LogP contribution in [0.2, 0.25) is 0 Å². The second-order valence-corrected chi connectivity index (χ2v) is 33.0. The summed E-state index contributed by atoms with van der Waals surface area (Å²) in [7, 11) is -9.92. The van der Waals surface area contributed by atoms with E-state index in [1.165, 1.54) is 238 Å². The number of ether oxygens (including phenoxy) is 4. The van der Waals surface area contributed by atoms with E-state index in [-0.39, 0.29) is 25.7 Å². The fraction of sp³-hybridized carbons (Fsp3) is 0.951. The number of carbonyl (C=O) groups excluding carboxylic acids is 4. The Morgan fingerprint density at radius 1 is 0.270 bits per heavy atom. The predicted octanol–water partition coefficient (Wildman–Crippen LogP) is 24.3. The van der Waals surface area contributed by atoms with Gasteiger partial charge in [-0.05, 0) is 37.5 Å². The maximum Gasteiger partial charge on any atom is 0.472 e. The highest BCUT2D eigenvalue weighted by Crippen LogP contribution is 2.45. The Morgan fingerprint density at radius 2 is 0.460 bits per heavy atom. The quantitative estimate of drug-likeness (QED) is 0.0222. The molecule has 0 rings (SSSR count). The van der Waals surface area contributed by atoms with Crippen molar-refractivity contribution < 1.29 is 80.2 Å². The van der Waals surface area contributed by atoms with Gasteiger partial charge in [0, 0.05) is 25.7 Å². The van der Waals surface area contributed by atoms with Crippen LogP contribution >= 0.6 is 15.6 Å². The Kier molecular flexibility index (Phi) is 71.2. The first-order valence-corrected chi connectivity index (χ1v) is 45.0. The van der Waals surface area contributed by atoms with E-state index in [4.69, 9.17) is 37.0 Å². The molecular weight excluding hydrogens is 1310 g/mol. The standard InChI is InChI=1S/C81H158O17P2/c1-7-9-11-13-15-17-18-19-20-21-22-23-24-25-26-27-28-36-41-47-53-59-65-80(85)98-77(70-92-79(84)64-58-52-46-40-35-31-29-33-38-43-49-55-61-73(3)4)72-96-100(89,90)94-68-75(82)67-93-99(87,88)95-71-76(69-91-78(83)63-57-51-45-16-14-12-10-8-2)97-81(86)66-60-54-48-42-37-32-30-34-39-44-50-56-62-74(5)6/h73-77,82H,7-72H2,1-6H3,(H,87,88)(H,89,90)/t75-,76+,77+/m0/s1. The molecule has 0 saturated heterocycles. The Hall–Kier alpha value is -1.94. The Labute approximate surface area is 613 Å². The highest BCUT2D eigenvalue weighted by atomic mass is 31.2. The van der Waals surface area contributed by atoms with Crippen molar-refractivity contribution in [2.45, 2.75) is 445 Å². The lowest BCUT2D eigenvalue weighted by atomic mass is 10.0. The third-order valence-electron chi connectivity index (χ3n) is 19.0. The number of rotatable bonds is 80. The smallest absolute Gasteiger partial charge is 0.462 e. The monoisotopic (exact) mass is 1470 g/mol. The molecule has 0 heterocycles. The van der Waals surface area contributed by atoms with Gasteiger partial charge in [-0.1, -0.05) is 375 Å². The first-order chi connectivity index (χ1) is 48.4. The van der Waals surface area contributed by atoms with Gasteiger partial charge in [-0.15, -0.1) is 0 Å². The van der Waals surface area contributed by atoms with E-state index < -0.39 is 97.5 Å². The lowest BCUT2D eigenvalue weighted by molar-refractivity contribution is -0.161. The molecule has 5 atom stereocenters. The van der Waals surface area contributed by atoms with Gasteiger partial charge in [-0.3, -0.25) is 37.3 Å². The summed E-state index contributed by atoms with van der Waals surface area (Å²) in [4.78, 5) is 72.9. The molecule has 17 nitrogen and oxygen atoms in total. The summed E-state index contributed by atoms with van der Waals surface area (Å²) in [6, 6.07) is 0. The second-order valence-electron chi connectivity index (χ2n) is 30.1. The van der Waals surface area contributed by atoms with Crippen molar-refractivity contribution in [2.24, 2.45) is 11.8 Å². The zero-order valence-corrected chi connectivity index (χ0v) is 67.3. The number of phosphoric ester groups is 2. The summed E-state index contributed by atoms with van der Waals surface area (Å²) >= 11 is 0. The molecule has 19 heteroatoms. The van der Waals surface area contributed by atoms with Crippen LogP contribution < -0.4 is 0 Å². The van der Waals surface area contributed by atoms with Crippen LogP contribution in [0.3, 0.4) is 0 Å². The van der Waals surface area contributed by atoms with E-state index >= 15 is 0 Å². The number of carbonyl (C=O) groups is 4. The maximum atomic E-state index is 13.1.